The van der Waals surface area contributed by atoms with Crippen molar-refractivity contribution in [1.29, 1.82) is 0 Å². The van der Waals surface area contributed by atoms with Gasteiger partial charge < -0.3 is 5.11 Å². The van der Waals surface area contributed by atoms with Crippen LogP contribution in [0.15, 0.2) is 22.7 Å². The summed E-state index contributed by atoms with van der Waals surface area (Å²) < 4.78 is 0.706. The molecule has 3 nitrogen and oxygen atoms in total. The number of hydrogen-bond acceptors (Lipinski definition) is 3. The topological polar surface area (TPSA) is 46.0 Å². The van der Waals surface area contributed by atoms with Crippen molar-refractivity contribution < 1.29 is 5.11 Å². The first-order chi connectivity index (χ1) is 8.90. The van der Waals surface area contributed by atoms with Crippen LogP contribution < -0.4 is 0 Å². The van der Waals surface area contributed by atoms with Crippen LogP contribution in [0.3, 0.4) is 0 Å². The molecule has 1 heterocycles. The van der Waals surface area contributed by atoms with Crippen LogP contribution in [0.4, 0.5) is 0 Å². The second kappa shape index (κ2) is 5.65. The van der Waals surface area contributed by atoms with E-state index >= 15 is 0 Å². The van der Waals surface area contributed by atoms with Gasteiger partial charge in [-0.1, -0.05) is 37.0 Å². The first-order valence-corrected chi connectivity index (χ1v) is 7.17. The monoisotopic (exact) mass is 360 g/mol. The zero-order valence-electron chi connectivity index (χ0n) is 10.3. The number of rotatable bonds is 2. The van der Waals surface area contributed by atoms with Gasteiger partial charge in [0.15, 0.2) is 5.82 Å². The lowest BCUT2D eigenvalue weighted by Crippen LogP contribution is -2.00. The maximum absolute atomic E-state index is 9.43. The van der Waals surface area contributed by atoms with Crippen LogP contribution in [-0.4, -0.2) is 15.1 Å². The first-order valence-electron chi connectivity index (χ1n) is 5.62. The Morgan fingerprint density at radius 2 is 1.89 bits per heavy atom. The van der Waals surface area contributed by atoms with Gasteiger partial charge in [0.2, 0.25) is 0 Å². The standard InChI is InChI=1S/C13H11BrCl2N2O/c1-6(2)11-10(14)12(16)18-13(17-11)7-3-4-9(19)8(15)5-7/h3-6,19H,1-2H3. The van der Waals surface area contributed by atoms with Gasteiger partial charge in [-0.25, -0.2) is 9.97 Å². The molecule has 6 heteroatoms. The van der Waals surface area contributed by atoms with E-state index in [1.165, 1.54) is 6.07 Å². The van der Waals surface area contributed by atoms with Crippen LogP contribution >= 0.6 is 39.1 Å². The van der Waals surface area contributed by atoms with Gasteiger partial charge in [0.1, 0.15) is 10.9 Å². The highest BCUT2D eigenvalue weighted by Crippen LogP contribution is 2.33. The Morgan fingerprint density at radius 1 is 1.21 bits per heavy atom. The van der Waals surface area contributed by atoms with Crippen molar-refractivity contribution in [3.05, 3.63) is 38.5 Å². The van der Waals surface area contributed by atoms with Gasteiger partial charge in [-0.05, 0) is 40.0 Å². The average molecular weight is 362 g/mol. The lowest BCUT2D eigenvalue weighted by Gasteiger charge is -2.11. The molecular formula is C13H11BrCl2N2O. The number of hydrogen-bond donors (Lipinski definition) is 1. The summed E-state index contributed by atoms with van der Waals surface area (Å²) in [7, 11) is 0. The summed E-state index contributed by atoms with van der Waals surface area (Å²) in [6, 6.07) is 4.82. The summed E-state index contributed by atoms with van der Waals surface area (Å²) in [5.74, 6) is 0.720. The number of aromatic nitrogens is 2. The molecule has 0 aliphatic heterocycles. The van der Waals surface area contributed by atoms with Crippen LogP contribution in [0.5, 0.6) is 5.75 Å². The molecule has 1 aromatic carbocycles. The van der Waals surface area contributed by atoms with E-state index in [2.05, 4.69) is 25.9 Å². The lowest BCUT2D eigenvalue weighted by molar-refractivity contribution is 0.475. The SMILES string of the molecule is CC(C)c1nc(-c2ccc(O)c(Cl)c2)nc(Cl)c1Br. The number of phenols is 1. The summed E-state index contributed by atoms with van der Waals surface area (Å²) in [6.07, 6.45) is 0. The van der Waals surface area contributed by atoms with Gasteiger partial charge in [0.25, 0.3) is 0 Å². The molecule has 0 spiro atoms. The van der Waals surface area contributed by atoms with Crippen molar-refractivity contribution in [2.75, 3.05) is 0 Å². The van der Waals surface area contributed by atoms with Crippen molar-refractivity contribution in [3.8, 4) is 17.1 Å². The van der Waals surface area contributed by atoms with E-state index in [1.807, 2.05) is 13.8 Å². The van der Waals surface area contributed by atoms with Gasteiger partial charge in [0, 0.05) is 5.56 Å². The van der Waals surface area contributed by atoms with E-state index in [4.69, 9.17) is 23.2 Å². The molecule has 0 fully saturated rings. The maximum atomic E-state index is 9.43. The molecule has 0 radical (unpaired) electrons. The molecule has 0 aliphatic rings. The van der Waals surface area contributed by atoms with Crippen molar-refractivity contribution >= 4 is 39.1 Å². The smallest absolute Gasteiger partial charge is 0.161 e. The normalized spacial score (nSPS) is 11.1. The predicted molar refractivity (Wildman–Crippen MR) is 80.9 cm³/mol. The third-order valence-electron chi connectivity index (χ3n) is 2.59. The Bertz CT molecular complexity index is 632. The zero-order chi connectivity index (χ0) is 14.2. The largest absolute Gasteiger partial charge is 0.506 e. The molecule has 1 N–H and O–H groups in total. The Kier molecular flexibility index (Phi) is 4.33. The fourth-order valence-corrected chi connectivity index (χ4v) is 2.59. The molecule has 0 saturated heterocycles. The Labute approximate surface area is 129 Å². The van der Waals surface area contributed by atoms with Crippen molar-refractivity contribution in [2.45, 2.75) is 19.8 Å². The van der Waals surface area contributed by atoms with E-state index < -0.39 is 0 Å². The summed E-state index contributed by atoms with van der Waals surface area (Å²) in [5, 5.41) is 10.0. The van der Waals surface area contributed by atoms with Crippen LogP contribution in [0.25, 0.3) is 11.4 Å². The fourth-order valence-electron chi connectivity index (χ4n) is 1.59. The third-order valence-corrected chi connectivity index (χ3v) is 4.18. The highest BCUT2D eigenvalue weighted by atomic mass is 79.9. The van der Waals surface area contributed by atoms with Crippen molar-refractivity contribution in [2.24, 2.45) is 0 Å². The molecule has 2 aromatic rings. The van der Waals surface area contributed by atoms with Gasteiger partial charge in [-0.15, -0.1) is 0 Å². The predicted octanol–water partition coefficient (Wildman–Crippen LogP) is 5.04. The Hall–Kier alpha value is -0.840. The molecule has 19 heavy (non-hydrogen) atoms. The van der Waals surface area contributed by atoms with E-state index in [-0.39, 0.29) is 16.7 Å². The van der Waals surface area contributed by atoms with E-state index in [0.717, 1.165) is 5.69 Å². The highest BCUT2D eigenvalue weighted by Gasteiger charge is 2.15. The molecule has 0 saturated carbocycles. The number of halogens is 3. The first kappa shape index (κ1) is 14.6. The minimum absolute atomic E-state index is 0.0257. The van der Waals surface area contributed by atoms with Crippen LogP contribution in [0.2, 0.25) is 10.2 Å². The Morgan fingerprint density at radius 3 is 2.47 bits per heavy atom. The van der Waals surface area contributed by atoms with E-state index in [0.29, 0.717) is 21.0 Å². The fraction of sp³-hybridized carbons (Fsp3) is 0.231. The molecule has 100 valence electrons. The number of aromatic hydroxyl groups is 1. The van der Waals surface area contributed by atoms with E-state index in [1.54, 1.807) is 12.1 Å². The molecule has 0 bridgehead atoms. The molecule has 0 aliphatic carbocycles. The van der Waals surface area contributed by atoms with Crippen LogP contribution in [-0.2, 0) is 0 Å². The van der Waals surface area contributed by atoms with Crippen LogP contribution in [0, 0.1) is 0 Å². The number of phenolic OH excluding ortho intramolecular Hbond substituents is 1. The third kappa shape index (κ3) is 3.02. The summed E-state index contributed by atoms with van der Waals surface area (Å²) in [5.41, 5.74) is 1.54. The number of benzene rings is 1. The van der Waals surface area contributed by atoms with Gasteiger partial charge in [-0.2, -0.15) is 0 Å². The molecule has 2 rings (SSSR count). The molecular weight excluding hydrogens is 351 g/mol. The quantitative estimate of drug-likeness (QED) is 0.762. The zero-order valence-corrected chi connectivity index (χ0v) is 13.4. The van der Waals surface area contributed by atoms with Gasteiger partial charge in [-0.3, -0.25) is 0 Å². The van der Waals surface area contributed by atoms with E-state index in [9.17, 15) is 5.11 Å². The second-order valence-electron chi connectivity index (χ2n) is 4.36. The Balaban J connectivity index is 2.59. The molecule has 0 atom stereocenters. The van der Waals surface area contributed by atoms with Gasteiger partial charge >= 0.3 is 0 Å². The summed E-state index contributed by atoms with van der Waals surface area (Å²) in [4.78, 5) is 8.71. The average Bonchev–Trinajstić information content (AvgIpc) is 2.35. The molecule has 0 unspecified atom stereocenters. The lowest BCUT2D eigenvalue weighted by atomic mass is 10.1. The minimum atomic E-state index is 0.0257. The van der Waals surface area contributed by atoms with Crippen molar-refractivity contribution in [3.63, 3.8) is 0 Å². The van der Waals surface area contributed by atoms with Gasteiger partial charge in [0.05, 0.1) is 15.2 Å². The molecule has 0 amide bonds. The molecule has 1 aromatic heterocycles. The number of nitrogens with zero attached hydrogens (tertiary/aromatic N) is 2. The van der Waals surface area contributed by atoms with Crippen LogP contribution in [0.1, 0.15) is 25.5 Å². The second-order valence-corrected chi connectivity index (χ2v) is 5.92. The maximum Gasteiger partial charge on any atom is 0.161 e. The highest BCUT2D eigenvalue weighted by molar-refractivity contribution is 9.10. The minimum Gasteiger partial charge on any atom is -0.506 e. The summed E-state index contributed by atoms with van der Waals surface area (Å²) >= 11 is 15.4. The summed E-state index contributed by atoms with van der Waals surface area (Å²) in [6.45, 7) is 4.05. The van der Waals surface area contributed by atoms with Crippen molar-refractivity contribution in [1.82, 2.24) is 9.97 Å².